The van der Waals surface area contributed by atoms with Gasteiger partial charge in [0.25, 0.3) is 0 Å². The Morgan fingerprint density at radius 2 is 2.05 bits per heavy atom. The van der Waals surface area contributed by atoms with Crippen LogP contribution in [0.4, 0.5) is 0 Å². The number of halogens is 2. The van der Waals surface area contributed by atoms with Gasteiger partial charge in [-0.1, -0.05) is 17.7 Å². The van der Waals surface area contributed by atoms with Gasteiger partial charge in [0.05, 0.1) is 9.23 Å². The average molecular weight is 410 g/mol. The SMILES string of the molecule is CN(Cc1ccc(Cl)s1)S(=O)(=O)c1ccc(CN)cc1Br. The van der Waals surface area contributed by atoms with Crippen molar-refractivity contribution in [2.45, 2.75) is 18.0 Å². The van der Waals surface area contributed by atoms with Crippen LogP contribution in [-0.2, 0) is 23.1 Å². The minimum Gasteiger partial charge on any atom is -0.326 e. The summed E-state index contributed by atoms with van der Waals surface area (Å²) in [4.78, 5) is 1.12. The zero-order valence-electron chi connectivity index (χ0n) is 11.2. The van der Waals surface area contributed by atoms with Crippen molar-refractivity contribution in [3.63, 3.8) is 0 Å². The van der Waals surface area contributed by atoms with Gasteiger partial charge in [-0.25, -0.2) is 8.42 Å². The Labute approximate surface area is 141 Å². The van der Waals surface area contributed by atoms with Gasteiger partial charge in [-0.3, -0.25) is 0 Å². The molecule has 0 spiro atoms. The average Bonchev–Trinajstić information content (AvgIpc) is 2.83. The summed E-state index contributed by atoms with van der Waals surface area (Å²) in [5, 5.41) is 0. The number of rotatable bonds is 5. The number of sulfonamides is 1. The van der Waals surface area contributed by atoms with Crippen LogP contribution in [0.25, 0.3) is 0 Å². The van der Waals surface area contributed by atoms with E-state index in [9.17, 15) is 8.42 Å². The summed E-state index contributed by atoms with van der Waals surface area (Å²) in [6, 6.07) is 8.59. The summed E-state index contributed by atoms with van der Waals surface area (Å²) < 4.78 is 27.7. The molecule has 2 rings (SSSR count). The lowest BCUT2D eigenvalue weighted by molar-refractivity contribution is 0.469. The highest BCUT2D eigenvalue weighted by Gasteiger charge is 2.24. The maximum atomic E-state index is 12.6. The summed E-state index contributed by atoms with van der Waals surface area (Å²) >= 11 is 10.5. The number of thiophene rings is 1. The fourth-order valence-corrected chi connectivity index (χ4v) is 5.24. The first kappa shape index (κ1) is 16.9. The first-order valence-corrected chi connectivity index (χ1v) is 9.46. The molecule has 1 heterocycles. The molecule has 0 fully saturated rings. The van der Waals surface area contributed by atoms with Crippen LogP contribution in [0.5, 0.6) is 0 Å². The van der Waals surface area contributed by atoms with Crippen molar-refractivity contribution >= 4 is 48.9 Å². The van der Waals surface area contributed by atoms with Gasteiger partial charge in [0.2, 0.25) is 10.0 Å². The van der Waals surface area contributed by atoms with Gasteiger partial charge in [-0.05, 0) is 45.8 Å². The molecule has 0 saturated heterocycles. The lowest BCUT2D eigenvalue weighted by Crippen LogP contribution is -2.26. The minimum absolute atomic E-state index is 0.227. The van der Waals surface area contributed by atoms with Crippen LogP contribution in [-0.4, -0.2) is 19.8 Å². The lowest BCUT2D eigenvalue weighted by atomic mass is 10.2. The molecule has 0 radical (unpaired) electrons. The predicted octanol–water partition coefficient (Wildman–Crippen LogP) is 3.44. The van der Waals surface area contributed by atoms with Gasteiger partial charge >= 0.3 is 0 Å². The van der Waals surface area contributed by atoms with E-state index in [4.69, 9.17) is 17.3 Å². The van der Waals surface area contributed by atoms with Crippen LogP contribution < -0.4 is 5.73 Å². The molecule has 4 nitrogen and oxygen atoms in total. The van der Waals surface area contributed by atoms with E-state index < -0.39 is 10.0 Å². The third-order valence-corrected chi connectivity index (χ3v) is 6.92. The first-order valence-electron chi connectivity index (χ1n) is 6.03. The molecule has 0 bridgehead atoms. The highest BCUT2D eigenvalue weighted by Crippen LogP contribution is 2.28. The van der Waals surface area contributed by atoms with Crippen LogP contribution >= 0.6 is 38.9 Å². The van der Waals surface area contributed by atoms with Crippen molar-refractivity contribution < 1.29 is 8.42 Å². The normalized spacial score (nSPS) is 12.0. The van der Waals surface area contributed by atoms with Crippen molar-refractivity contribution in [3.8, 4) is 0 Å². The van der Waals surface area contributed by atoms with Crippen LogP contribution in [0.15, 0.2) is 39.7 Å². The second-order valence-electron chi connectivity index (χ2n) is 4.44. The molecule has 2 N–H and O–H groups in total. The summed E-state index contributed by atoms with van der Waals surface area (Å²) in [6.07, 6.45) is 0. The van der Waals surface area contributed by atoms with E-state index in [0.29, 0.717) is 15.4 Å². The number of hydrogen-bond donors (Lipinski definition) is 1. The van der Waals surface area contributed by atoms with Gasteiger partial charge in [0.15, 0.2) is 0 Å². The van der Waals surface area contributed by atoms with Crippen molar-refractivity contribution in [1.82, 2.24) is 4.31 Å². The van der Waals surface area contributed by atoms with E-state index >= 15 is 0 Å². The molecular weight excluding hydrogens is 396 g/mol. The zero-order chi connectivity index (χ0) is 15.6. The van der Waals surface area contributed by atoms with E-state index in [-0.39, 0.29) is 11.4 Å². The first-order chi connectivity index (χ1) is 9.84. The van der Waals surface area contributed by atoms with E-state index in [1.54, 1.807) is 31.3 Å². The topological polar surface area (TPSA) is 63.4 Å². The Balaban J connectivity index is 2.28. The van der Waals surface area contributed by atoms with E-state index in [1.807, 2.05) is 6.07 Å². The molecule has 0 saturated carbocycles. The van der Waals surface area contributed by atoms with Crippen LogP contribution in [0.3, 0.4) is 0 Å². The number of nitrogens with two attached hydrogens (primary N) is 1. The molecule has 0 amide bonds. The third-order valence-electron chi connectivity index (χ3n) is 2.93. The van der Waals surface area contributed by atoms with Gasteiger partial charge in [0, 0.05) is 29.5 Å². The molecule has 0 aliphatic heterocycles. The van der Waals surface area contributed by atoms with Gasteiger partial charge in [-0.15, -0.1) is 11.3 Å². The standard InChI is InChI=1S/C13H14BrClN2O2S2/c1-17(8-10-3-5-13(15)20-10)21(18,19)12-4-2-9(7-16)6-11(12)14/h2-6H,7-8,16H2,1H3. The van der Waals surface area contributed by atoms with E-state index in [0.717, 1.165) is 10.4 Å². The molecule has 1 aromatic heterocycles. The third kappa shape index (κ3) is 3.85. The summed E-state index contributed by atoms with van der Waals surface area (Å²) in [5.41, 5.74) is 6.42. The van der Waals surface area contributed by atoms with Gasteiger partial charge < -0.3 is 5.73 Å². The number of nitrogens with zero attached hydrogens (tertiary/aromatic N) is 1. The smallest absolute Gasteiger partial charge is 0.244 e. The van der Waals surface area contributed by atoms with Crippen LogP contribution in [0.1, 0.15) is 10.4 Å². The Kier molecular flexibility index (Phi) is 5.45. The summed E-state index contributed by atoms with van der Waals surface area (Å²) in [7, 11) is -2.03. The zero-order valence-corrected chi connectivity index (χ0v) is 15.2. The van der Waals surface area contributed by atoms with Crippen molar-refractivity contribution in [3.05, 3.63) is 49.6 Å². The van der Waals surface area contributed by atoms with Crippen LogP contribution in [0, 0.1) is 0 Å². The maximum absolute atomic E-state index is 12.6. The molecule has 0 aliphatic carbocycles. The molecule has 0 unspecified atom stereocenters. The van der Waals surface area contributed by atoms with Crippen LogP contribution in [0.2, 0.25) is 4.34 Å². The predicted molar refractivity (Wildman–Crippen MR) is 90.0 cm³/mol. The number of benzene rings is 1. The molecule has 21 heavy (non-hydrogen) atoms. The molecule has 0 atom stereocenters. The molecular formula is C13H14BrClN2O2S2. The molecule has 2 aromatic rings. The Bertz CT molecular complexity index is 746. The second kappa shape index (κ2) is 6.76. The van der Waals surface area contributed by atoms with Gasteiger partial charge in [-0.2, -0.15) is 4.31 Å². The maximum Gasteiger partial charge on any atom is 0.244 e. The largest absolute Gasteiger partial charge is 0.326 e. The summed E-state index contributed by atoms with van der Waals surface area (Å²) in [5.74, 6) is 0. The van der Waals surface area contributed by atoms with E-state index in [2.05, 4.69) is 15.9 Å². The fourth-order valence-electron chi connectivity index (χ4n) is 1.79. The van der Waals surface area contributed by atoms with Crippen molar-refractivity contribution in [2.75, 3.05) is 7.05 Å². The Morgan fingerprint density at radius 3 is 2.57 bits per heavy atom. The molecule has 1 aromatic carbocycles. The fraction of sp³-hybridized carbons (Fsp3) is 0.231. The summed E-state index contributed by atoms with van der Waals surface area (Å²) in [6.45, 7) is 0.646. The number of hydrogen-bond acceptors (Lipinski definition) is 4. The Morgan fingerprint density at radius 1 is 1.33 bits per heavy atom. The lowest BCUT2D eigenvalue weighted by Gasteiger charge is -2.17. The highest BCUT2D eigenvalue weighted by molar-refractivity contribution is 9.10. The van der Waals surface area contributed by atoms with Gasteiger partial charge in [0.1, 0.15) is 0 Å². The Hall–Kier alpha value is -0.440. The quantitative estimate of drug-likeness (QED) is 0.822. The molecule has 8 heteroatoms. The second-order valence-corrected chi connectivity index (χ2v) is 9.10. The molecule has 0 aliphatic rings. The van der Waals surface area contributed by atoms with Crippen molar-refractivity contribution in [2.24, 2.45) is 5.73 Å². The van der Waals surface area contributed by atoms with Crippen molar-refractivity contribution in [1.29, 1.82) is 0 Å². The monoisotopic (exact) mass is 408 g/mol. The minimum atomic E-state index is -3.57. The molecule has 114 valence electrons. The highest BCUT2D eigenvalue weighted by atomic mass is 79.9. The van der Waals surface area contributed by atoms with E-state index in [1.165, 1.54) is 15.6 Å².